The van der Waals surface area contributed by atoms with Crippen LogP contribution in [0.2, 0.25) is 0 Å². The van der Waals surface area contributed by atoms with E-state index in [9.17, 15) is 0 Å². The Balaban J connectivity index is 2.04. The summed E-state index contributed by atoms with van der Waals surface area (Å²) >= 11 is 0. The predicted molar refractivity (Wildman–Crippen MR) is 94.2 cm³/mol. The largest absolute Gasteiger partial charge is 0.256 e. The summed E-state index contributed by atoms with van der Waals surface area (Å²) in [5, 5.41) is 2.85. The molecule has 1 nitrogen and oxygen atoms in total. The zero-order valence-corrected chi connectivity index (χ0v) is 13.3. The summed E-state index contributed by atoms with van der Waals surface area (Å²) in [5.41, 5.74) is 2.23. The topological polar surface area (TPSA) is 12.9 Å². The van der Waals surface area contributed by atoms with E-state index in [1.165, 1.54) is 16.2 Å². The van der Waals surface area contributed by atoms with Gasteiger partial charge >= 0.3 is 0 Å². The average Bonchev–Trinajstić information content (AvgIpc) is 2.57. The molecule has 2 aromatic carbocycles. The summed E-state index contributed by atoms with van der Waals surface area (Å²) in [7, 11) is -1.32. The molecule has 0 spiro atoms. The van der Waals surface area contributed by atoms with Crippen molar-refractivity contribution in [2.45, 2.75) is 0 Å². The van der Waals surface area contributed by atoms with Gasteiger partial charge in [-0.1, -0.05) is 36.4 Å². The van der Waals surface area contributed by atoms with Crippen molar-refractivity contribution in [3.8, 4) is 11.3 Å². The summed E-state index contributed by atoms with van der Waals surface area (Å²) in [5.74, 6) is 0. The SMILES string of the molecule is C[P+](C)(c1ccccc1)c1cccc(-c2ccccn2)c1. The summed E-state index contributed by atoms with van der Waals surface area (Å²) in [6.45, 7) is 4.75. The summed E-state index contributed by atoms with van der Waals surface area (Å²) in [6.07, 6.45) is 1.85. The van der Waals surface area contributed by atoms with E-state index < -0.39 is 7.26 Å². The van der Waals surface area contributed by atoms with Crippen LogP contribution < -0.4 is 10.6 Å². The van der Waals surface area contributed by atoms with E-state index in [1.807, 2.05) is 18.3 Å². The number of aromatic nitrogens is 1. The first kappa shape index (κ1) is 14.0. The van der Waals surface area contributed by atoms with Crippen molar-refractivity contribution in [1.82, 2.24) is 4.98 Å². The minimum atomic E-state index is -1.32. The zero-order chi connectivity index (χ0) is 14.7. The molecule has 0 atom stereocenters. The van der Waals surface area contributed by atoms with Crippen LogP contribution in [-0.2, 0) is 0 Å². The van der Waals surface area contributed by atoms with E-state index in [2.05, 4.69) is 79.0 Å². The molecule has 3 aromatic rings. The van der Waals surface area contributed by atoms with E-state index in [0.29, 0.717) is 0 Å². The Kier molecular flexibility index (Phi) is 3.86. The first-order chi connectivity index (χ1) is 10.2. The number of benzene rings is 2. The van der Waals surface area contributed by atoms with Crippen molar-refractivity contribution < 1.29 is 0 Å². The quantitative estimate of drug-likeness (QED) is 0.665. The number of nitrogens with zero attached hydrogens (tertiary/aromatic N) is 1. The van der Waals surface area contributed by atoms with Crippen molar-refractivity contribution in [3.63, 3.8) is 0 Å². The standard InChI is InChI=1S/C19H19NP/c1-21(2,17-10-4-3-5-11-17)18-12-8-9-16(15-18)19-13-6-7-14-20-19/h3-15H,1-2H3/q+1. The molecule has 1 aromatic heterocycles. The van der Waals surface area contributed by atoms with E-state index in [4.69, 9.17) is 0 Å². The van der Waals surface area contributed by atoms with Crippen LogP contribution in [-0.4, -0.2) is 18.3 Å². The van der Waals surface area contributed by atoms with Crippen LogP contribution in [0, 0.1) is 0 Å². The van der Waals surface area contributed by atoms with Crippen molar-refractivity contribution in [1.29, 1.82) is 0 Å². The number of hydrogen-bond donors (Lipinski definition) is 0. The molecule has 3 rings (SSSR count). The molecular formula is C19H19NP+. The fourth-order valence-corrected chi connectivity index (χ4v) is 4.63. The highest BCUT2D eigenvalue weighted by atomic mass is 31.2. The fourth-order valence-electron chi connectivity index (χ4n) is 2.50. The molecule has 0 unspecified atom stereocenters. The first-order valence-corrected chi connectivity index (χ1v) is 9.78. The Morgan fingerprint density at radius 3 is 2.14 bits per heavy atom. The first-order valence-electron chi connectivity index (χ1n) is 7.09. The molecule has 21 heavy (non-hydrogen) atoms. The lowest BCUT2D eigenvalue weighted by Crippen LogP contribution is -2.20. The smallest absolute Gasteiger partial charge is 0.0992 e. The molecule has 0 amide bonds. The van der Waals surface area contributed by atoms with E-state index in [1.54, 1.807) is 0 Å². The van der Waals surface area contributed by atoms with Crippen LogP contribution >= 0.6 is 7.26 Å². The van der Waals surface area contributed by atoms with Gasteiger partial charge in [0.05, 0.1) is 36.9 Å². The van der Waals surface area contributed by atoms with Gasteiger partial charge in [-0.2, -0.15) is 0 Å². The molecule has 0 saturated heterocycles. The highest BCUT2D eigenvalue weighted by Gasteiger charge is 2.31. The third-order valence-electron chi connectivity index (χ3n) is 3.85. The number of pyridine rings is 1. The predicted octanol–water partition coefficient (Wildman–Crippen LogP) is 3.98. The van der Waals surface area contributed by atoms with Crippen molar-refractivity contribution >= 4 is 17.9 Å². The number of rotatable bonds is 3. The van der Waals surface area contributed by atoms with Gasteiger partial charge in [-0.25, -0.2) is 0 Å². The Labute approximate surface area is 127 Å². The second kappa shape index (κ2) is 5.79. The van der Waals surface area contributed by atoms with Gasteiger partial charge in [0.15, 0.2) is 0 Å². The van der Waals surface area contributed by atoms with Crippen molar-refractivity contribution in [3.05, 3.63) is 79.0 Å². The highest BCUT2D eigenvalue weighted by molar-refractivity contribution is 7.88. The van der Waals surface area contributed by atoms with Crippen LogP contribution in [0.15, 0.2) is 79.0 Å². The van der Waals surface area contributed by atoms with E-state index >= 15 is 0 Å². The Morgan fingerprint density at radius 1 is 0.714 bits per heavy atom. The van der Waals surface area contributed by atoms with E-state index in [0.717, 1.165) is 5.69 Å². The second-order valence-corrected chi connectivity index (χ2v) is 9.49. The van der Waals surface area contributed by atoms with Crippen LogP contribution in [0.1, 0.15) is 0 Å². The average molecular weight is 292 g/mol. The molecule has 0 aliphatic heterocycles. The maximum absolute atomic E-state index is 4.46. The third kappa shape index (κ3) is 2.89. The minimum absolute atomic E-state index is 1.03. The molecule has 2 heteroatoms. The lowest BCUT2D eigenvalue weighted by atomic mass is 10.1. The molecule has 0 fully saturated rings. The Morgan fingerprint density at radius 2 is 1.43 bits per heavy atom. The molecular weight excluding hydrogens is 273 g/mol. The number of hydrogen-bond acceptors (Lipinski definition) is 1. The van der Waals surface area contributed by atoms with Gasteiger partial charge in [-0.05, 0) is 36.4 Å². The van der Waals surface area contributed by atoms with Crippen LogP contribution in [0.25, 0.3) is 11.3 Å². The molecule has 0 aliphatic rings. The summed E-state index contributed by atoms with van der Waals surface area (Å²) in [6, 6.07) is 25.7. The molecule has 0 N–H and O–H groups in total. The van der Waals surface area contributed by atoms with Gasteiger partial charge in [0, 0.05) is 11.8 Å². The van der Waals surface area contributed by atoms with Crippen LogP contribution in [0.3, 0.4) is 0 Å². The van der Waals surface area contributed by atoms with Gasteiger partial charge in [0.1, 0.15) is 0 Å². The Bertz CT molecular complexity index is 721. The van der Waals surface area contributed by atoms with Gasteiger partial charge in [0.2, 0.25) is 0 Å². The third-order valence-corrected chi connectivity index (χ3v) is 7.01. The maximum Gasteiger partial charge on any atom is 0.0992 e. The Hall–Kier alpha value is -1.98. The normalized spacial score (nSPS) is 11.3. The molecule has 1 heterocycles. The van der Waals surface area contributed by atoms with Gasteiger partial charge < -0.3 is 0 Å². The molecule has 0 aliphatic carbocycles. The highest BCUT2D eigenvalue weighted by Crippen LogP contribution is 2.48. The molecule has 0 radical (unpaired) electrons. The van der Waals surface area contributed by atoms with Crippen molar-refractivity contribution in [2.75, 3.05) is 13.3 Å². The maximum atomic E-state index is 4.46. The van der Waals surface area contributed by atoms with Crippen LogP contribution in [0.4, 0.5) is 0 Å². The second-order valence-electron chi connectivity index (χ2n) is 5.55. The van der Waals surface area contributed by atoms with Gasteiger partial charge in [-0.15, -0.1) is 0 Å². The lowest BCUT2D eigenvalue weighted by Gasteiger charge is -2.18. The summed E-state index contributed by atoms with van der Waals surface area (Å²) in [4.78, 5) is 4.46. The molecule has 0 bridgehead atoms. The fraction of sp³-hybridized carbons (Fsp3) is 0.105. The van der Waals surface area contributed by atoms with Gasteiger partial charge in [0.25, 0.3) is 0 Å². The lowest BCUT2D eigenvalue weighted by molar-refractivity contribution is 1.33. The van der Waals surface area contributed by atoms with Crippen LogP contribution in [0.5, 0.6) is 0 Å². The molecule has 104 valence electrons. The van der Waals surface area contributed by atoms with Gasteiger partial charge in [-0.3, -0.25) is 4.98 Å². The monoisotopic (exact) mass is 292 g/mol. The van der Waals surface area contributed by atoms with Crippen molar-refractivity contribution in [2.24, 2.45) is 0 Å². The molecule has 0 saturated carbocycles. The van der Waals surface area contributed by atoms with E-state index in [-0.39, 0.29) is 0 Å². The zero-order valence-electron chi connectivity index (χ0n) is 12.4. The summed E-state index contributed by atoms with van der Waals surface area (Å²) < 4.78 is 0. The minimum Gasteiger partial charge on any atom is -0.256 e.